The van der Waals surface area contributed by atoms with Crippen LogP contribution in [0, 0.1) is 0 Å². The number of hydrogen-bond donors (Lipinski definition) is 1. The predicted molar refractivity (Wildman–Crippen MR) is 169 cm³/mol. The predicted octanol–water partition coefficient (Wildman–Crippen LogP) is 10.3. The van der Waals surface area contributed by atoms with Gasteiger partial charge in [-0.15, -0.1) is 0 Å². The van der Waals surface area contributed by atoms with Crippen LogP contribution in [0.25, 0.3) is 0 Å². The summed E-state index contributed by atoms with van der Waals surface area (Å²) in [6.07, 6.45) is 13.3. The van der Waals surface area contributed by atoms with Crippen molar-refractivity contribution in [2.75, 3.05) is 0 Å². The number of hydrogen-bond acceptors (Lipinski definition) is 5. The van der Waals surface area contributed by atoms with Gasteiger partial charge in [0.25, 0.3) is 0 Å². The Hall–Kier alpha value is -1.85. The molecule has 0 aliphatic heterocycles. The Balaban J connectivity index is 2.00. The van der Waals surface area contributed by atoms with E-state index in [-0.39, 0.29) is 12.2 Å². The second kappa shape index (κ2) is 20.9. The molecule has 0 aromatic heterocycles. The molecule has 6 nitrogen and oxygen atoms in total. The SMILES string of the molecule is CCCCCCCCC(Oc1ccccc1)C(C)OP(=O)(O)OC(C)C(CCCCCCCC)Oc1ccccc1. The van der Waals surface area contributed by atoms with E-state index in [9.17, 15) is 9.46 Å². The van der Waals surface area contributed by atoms with E-state index in [2.05, 4.69) is 13.8 Å². The summed E-state index contributed by atoms with van der Waals surface area (Å²) in [6, 6.07) is 19.1. The zero-order chi connectivity index (χ0) is 29.8. The average molecular weight is 591 g/mol. The van der Waals surface area contributed by atoms with Gasteiger partial charge in [-0.2, -0.15) is 0 Å². The second-order valence-electron chi connectivity index (χ2n) is 11.1. The van der Waals surface area contributed by atoms with Crippen LogP contribution in [-0.2, 0) is 13.6 Å². The van der Waals surface area contributed by atoms with Crippen LogP contribution in [0.5, 0.6) is 11.5 Å². The van der Waals surface area contributed by atoms with Crippen LogP contribution in [-0.4, -0.2) is 29.3 Å². The average Bonchev–Trinajstić information content (AvgIpc) is 2.96. The molecule has 0 spiro atoms. The molecule has 4 unspecified atom stereocenters. The highest BCUT2D eigenvalue weighted by atomic mass is 31.2. The summed E-state index contributed by atoms with van der Waals surface area (Å²) in [5, 5.41) is 0. The Morgan fingerprint density at radius 2 is 0.927 bits per heavy atom. The Morgan fingerprint density at radius 1 is 0.585 bits per heavy atom. The molecule has 0 amide bonds. The molecule has 232 valence electrons. The van der Waals surface area contributed by atoms with E-state index in [0.717, 1.165) is 50.0 Å². The first-order chi connectivity index (χ1) is 19.8. The number of ether oxygens (including phenoxy) is 2. The van der Waals surface area contributed by atoms with Gasteiger partial charge in [0.2, 0.25) is 0 Å². The van der Waals surface area contributed by atoms with E-state index in [1.807, 2.05) is 60.7 Å². The van der Waals surface area contributed by atoms with Crippen LogP contribution < -0.4 is 9.47 Å². The van der Waals surface area contributed by atoms with Crippen LogP contribution in [0.4, 0.5) is 0 Å². The van der Waals surface area contributed by atoms with Crippen molar-refractivity contribution < 1.29 is 28.0 Å². The first kappa shape index (κ1) is 35.3. The monoisotopic (exact) mass is 590 g/mol. The summed E-state index contributed by atoms with van der Waals surface area (Å²) in [6.45, 7) is 8.00. The van der Waals surface area contributed by atoms with Crippen molar-refractivity contribution in [1.82, 2.24) is 0 Å². The maximum atomic E-state index is 13.2. The molecule has 2 rings (SSSR count). The number of unbranched alkanes of at least 4 members (excludes halogenated alkanes) is 10. The van der Waals surface area contributed by atoms with Gasteiger partial charge in [0.15, 0.2) is 0 Å². The molecule has 0 saturated carbocycles. The van der Waals surface area contributed by atoms with E-state index in [1.165, 1.54) is 51.4 Å². The van der Waals surface area contributed by atoms with Crippen molar-refractivity contribution in [2.45, 2.75) is 142 Å². The van der Waals surface area contributed by atoms with E-state index in [0.29, 0.717) is 0 Å². The van der Waals surface area contributed by atoms with E-state index in [4.69, 9.17) is 18.5 Å². The van der Waals surface area contributed by atoms with Crippen molar-refractivity contribution in [1.29, 1.82) is 0 Å². The molecule has 0 saturated heterocycles. The lowest BCUT2D eigenvalue weighted by atomic mass is 10.0. The molecular weight excluding hydrogens is 535 g/mol. The molecule has 1 N–H and O–H groups in total. The summed E-state index contributed by atoms with van der Waals surface area (Å²) >= 11 is 0. The van der Waals surface area contributed by atoms with Crippen molar-refractivity contribution in [3.63, 3.8) is 0 Å². The zero-order valence-electron chi connectivity index (χ0n) is 25.9. The van der Waals surface area contributed by atoms with Gasteiger partial charge >= 0.3 is 7.82 Å². The Morgan fingerprint density at radius 3 is 1.29 bits per heavy atom. The van der Waals surface area contributed by atoms with Gasteiger partial charge in [-0.3, -0.25) is 9.05 Å². The third-order valence-corrected chi connectivity index (χ3v) is 8.59. The molecule has 0 radical (unpaired) electrons. The Kier molecular flexibility index (Phi) is 18.0. The van der Waals surface area contributed by atoms with Crippen molar-refractivity contribution in [3.8, 4) is 11.5 Å². The number of phosphoric ester groups is 1. The molecule has 0 heterocycles. The minimum atomic E-state index is -4.39. The zero-order valence-corrected chi connectivity index (χ0v) is 26.8. The lowest BCUT2D eigenvalue weighted by Gasteiger charge is -2.30. The molecule has 2 aromatic rings. The van der Waals surface area contributed by atoms with Gasteiger partial charge in [-0.05, 0) is 63.8 Å². The van der Waals surface area contributed by atoms with Gasteiger partial charge in [0.05, 0.1) is 0 Å². The lowest BCUT2D eigenvalue weighted by molar-refractivity contribution is -0.00444. The maximum Gasteiger partial charge on any atom is 0.472 e. The number of phosphoric acid groups is 1. The highest BCUT2D eigenvalue weighted by molar-refractivity contribution is 7.47. The standard InChI is InChI=1S/C34H55O6P/c1-5-7-9-11-13-21-27-33(37-31-23-17-15-18-24-31)29(3)39-41(35,36)40-30(4)34(28-22-14-12-10-8-6-2)38-32-25-19-16-20-26-32/h15-20,23-26,29-30,33-34H,5-14,21-22,27-28H2,1-4H3,(H,35,36). The fourth-order valence-corrected chi connectivity index (χ4v) is 6.12. The number of para-hydroxylation sites is 2. The van der Waals surface area contributed by atoms with Crippen molar-refractivity contribution in [2.24, 2.45) is 0 Å². The summed E-state index contributed by atoms with van der Waals surface area (Å²) in [5.41, 5.74) is 0. The molecule has 7 heteroatoms. The van der Waals surface area contributed by atoms with Gasteiger partial charge in [0, 0.05) is 0 Å². The van der Waals surface area contributed by atoms with Crippen LogP contribution in [0.15, 0.2) is 60.7 Å². The highest BCUT2D eigenvalue weighted by Gasteiger charge is 2.34. The molecule has 0 aliphatic carbocycles. The minimum absolute atomic E-state index is 0.373. The van der Waals surface area contributed by atoms with Gasteiger partial charge < -0.3 is 14.4 Å². The topological polar surface area (TPSA) is 74.2 Å². The Bertz CT molecular complexity index is 867. The quantitative estimate of drug-likeness (QED) is 0.0968. The van der Waals surface area contributed by atoms with Crippen molar-refractivity contribution >= 4 is 7.82 Å². The largest absolute Gasteiger partial charge is 0.488 e. The fourth-order valence-electron chi connectivity index (χ4n) is 4.96. The highest BCUT2D eigenvalue weighted by Crippen LogP contribution is 2.47. The maximum absolute atomic E-state index is 13.2. The van der Waals surface area contributed by atoms with Gasteiger partial charge in [-0.1, -0.05) is 114 Å². The van der Waals surface area contributed by atoms with E-state index in [1.54, 1.807) is 13.8 Å². The normalized spacial score (nSPS) is 15.9. The number of benzene rings is 2. The lowest BCUT2D eigenvalue weighted by Crippen LogP contribution is -2.34. The molecule has 41 heavy (non-hydrogen) atoms. The first-order valence-corrected chi connectivity index (χ1v) is 17.5. The summed E-state index contributed by atoms with van der Waals surface area (Å²) in [4.78, 5) is 10.8. The second-order valence-corrected chi connectivity index (χ2v) is 12.5. The smallest absolute Gasteiger partial charge is 0.472 e. The van der Waals surface area contributed by atoms with E-state index >= 15 is 0 Å². The van der Waals surface area contributed by atoms with Crippen LogP contribution >= 0.6 is 7.82 Å². The van der Waals surface area contributed by atoms with Crippen LogP contribution in [0.2, 0.25) is 0 Å². The molecule has 0 aliphatic rings. The van der Waals surface area contributed by atoms with E-state index < -0.39 is 20.0 Å². The third-order valence-electron chi connectivity index (χ3n) is 7.39. The van der Waals surface area contributed by atoms with Crippen LogP contribution in [0.3, 0.4) is 0 Å². The molecule has 0 fully saturated rings. The summed E-state index contributed by atoms with van der Waals surface area (Å²) in [5.74, 6) is 1.44. The van der Waals surface area contributed by atoms with Crippen LogP contribution in [0.1, 0.15) is 118 Å². The Labute approximate surface area is 249 Å². The fraction of sp³-hybridized carbons (Fsp3) is 0.647. The summed E-state index contributed by atoms with van der Waals surface area (Å²) in [7, 11) is -4.39. The minimum Gasteiger partial charge on any atom is -0.488 e. The molecule has 2 aromatic carbocycles. The molecular formula is C34H55O6P. The third kappa shape index (κ3) is 15.8. The summed E-state index contributed by atoms with van der Waals surface area (Å²) < 4.78 is 37.2. The first-order valence-electron chi connectivity index (χ1n) is 16.0. The number of rotatable bonds is 24. The van der Waals surface area contributed by atoms with Gasteiger partial charge in [-0.25, -0.2) is 4.57 Å². The van der Waals surface area contributed by atoms with Gasteiger partial charge in [0.1, 0.15) is 35.9 Å². The van der Waals surface area contributed by atoms with Crippen molar-refractivity contribution in [3.05, 3.63) is 60.7 Å². The molecule has 4 atom stereocenters. The molecule has 0 bridgehead atoms.